The van der Waals surface area contributed by atoms with Gasteiger partial charge in [-0.05, 0) is 36.5 Å². The van der Waals surface area contributed by atoms with Crippen LogP contribution < -0.4 is 10.1 Å². The molecule has 6 heteroatoms. The molecule has 1 N–H and O–H groups in total. The first-order valence-corrected chi connectivity index (χ1v) is 10.2. The van der Waals surface area contributed by atoms with Crippen LogP contribution in [0.2, 0.25) is 0 Å². The second-order valence-electron chi connectivity index (χ2n) is 8.29. The number of carbonyl (C=O) groups is 1. The highest BCUT2D eigenvalue weighted by molar-refractivity contribution is 5.75. The number of methoxy groups -OCH3 is 1. The molecule has 2 heterocycles. The third-order valence-electron chi connectivity index (χ3n) is 5.94. The Morgan fingerprint density at radius 3 is 2.57 bits per heavy atom. The summed E-state index contributed by atoms with van der Waals surface area (Å²) in [7, 11) is 3.76. The maximum atomic E-state index is 13.0. The molecule has 1 aliphatic carbocycles. The molecule has 6 nitrogen and oxygen atoms in total. The van der Waals surface area contributed by atoms with Crippen LogP contribution in [0.4, 0.5) is 4.79 Å². The van der Waals surface area contributed by atoms with Crippen molar-refractivity contribution in [3.05, 3.63) is 47.0 Å². The van der Waals surface area contributed by atoms with Crippen LogP contribution in [0.3, 0.4) is 0 Å². The number of aromatic nitrogens is 2. The Hall–Kier alpha value is -2.50. The SMILES string of the molecule is COc1ccc(C(NC(=O)N2CCc3c(nc(C(C)C)n3C)C2)C2CC2)cc1. The summed E-state index contributed by atoms with van der Waals surface area (Å²) in [5.74, 6) is 2.85. The number of imidazole rings is 1. The average Bonchev–Trinajstić information content (AvgIpc) is 3.49. The predicted molar refractivity (Wildman–Crippen MR) is 108 cm³/mol. The van der Waals surface area contributed by atoms with Crippen LogP contribution in [0.1, 0.15) is 61.4 Å². The normalized spacial score (nSPS) is 17.4. The summed E-state index contributed by atoms with van der Waals surface area (Å²) in [4.78, 5) is 19.7. The van der Waals surface area contributed by atoms with Gasteiger partial charge in [0.2, 0.25) is 0 Å². The van der Waals surface area contributed by atoms with E-state index in [9.17, 15) is 4.79 Å². The van der Waals surface area contributed by atoms with Crippen molar-refractivity contribution in [2.45, 2.75) is 51.6 Å². The second-order valence-corrected chi connectivity index (χ2v) is 8.29. The van der Waals surface area contributed by atoms with E-state index in [0.29, 0.717) is 18.4 Å². The van der Waals surface area contributed by atoms with Gasteiger partial charge in [0.15, 0.2) is 0 Å². The Bertz CT molecular complexity index is 852. The molecule has 0 saturated heterocycles. The number of nitrogens with zero attached hydrogens (tertiary/aromatic N) is 3. The number of rotatable bonds is 5. The van der Waals surface area contributed by atoms with Gasteiger partial charge in [-0.15, -0.1) is 0 Å². The number of carbonyl (C=O) groups excluding carboxylic acids is 1. The van der Waals surface area contributed by atoms with Crippen LogP contribution in [0, 0.1) is 5.92 Å². The summed E-state index contributed by atoms with van der Waals surface area (Å²) >= 11 is 0. The Kier molecular flexibility index (Phi) is 5.04. The van der Waals surface area contributed by atoms with E-state index in [0.717, 1.165) is 35.8 Å². The first-order valence-electron chi connectivity index (χ1n) is 10.2. The standard InChI is InChI=1S/C22H30N4O2/c1-14(2)21-23-18-13-26(12-11-19(18)25(21)3)22(27)24-20(15-5-6-15)16-7-9-17(28-4)10-8-16/h7-10,14-15,20H,5-6,11-13H2,1-4H3,(H,24,27). The van der Waals surface area contributed by atoms with Gasteiger partial charge in [0.05, 0.1) is 25.4 Å². The van der Waals surface area contributed by atoms with Gasteiger partial charge in [-0.3, -0.25) is 0 Å². The number of nitrogens with one attached hydrogen (secondary N) is 1. The van der Waals surface area contributed by atoms with E-state index in [2.05, 4.69) is 42.9 Å². The molecule has 150 valence electrons. The Morgan fingerprint density at radius 2 is 1.96 bits per heavy atom. The van der Waals surface area contributed by atoms with Gasteiger partial charge >= 0.3 is 6.03 Å². The molecule has 4 rings (SSSR count). The van der Waals surface area contributed by atoms with Crippen LogP contribution >= 0.6 is 0 Å². The molecule has 1 saturated carbocycles. The van der Waals surface area contributed by atoms with Gasteiger partial charge < -0.3 is 19.5 Å². The molecular weight excluding hydrogens is 352 g/mol. The number of ether oxygens (including phenoxy) is 1. The number of hydrogen-bond donors (Lipinski definition) is 1. The van der Waals surface area contributed by atoms with Gasteiger partial charge in [0.25, 0.3) is 0 Å². The molecule has 2 aromatic rings. The van der Waals surface area contributed by atoms with Gasteiger partial charge in [-0.2, -0.15) is 0 Å². The summed E-state index contributed by atoms with van der Waals surface area (Å²) in [6.07, 6.45) is 3.19. The lowest BCUT2D eigenvalue weighted by Crippen LogP contribution is -2.44. The van der Waals surface area contributed by atoms with Crippen molar-refractivity contribution in [3.63, 3.8) is 0 Å². The minimum Gasteiger partial charge on any atom is -0.497 e. The largest absolute Gasteiger partial charge is 0.497 e. The van der Waals surface area contributed by atoms with Crippen LogP contribution in [0.25, 0.3) is 0 Å². The third-order valence-corrected chi connectivity index (χ3v) is 5.94. The molecule has 28 heavy (non-hydrogen) atoms. The molecule has 1 atom stereocenters. The van der Waals surface area contributed by atoms with Crippen LogP contribution in [0.5, 0.6) is 5.75 Å². The van der Waals surface area contributed by atoms with E-state index in [1.807, 2.05) is 17.0 Å². The zero-order chi connectivity index (χ0) is 19.8. The number of fused-ring (bicyclic) bond motifs is 1. The fourth-order valence-corrected chi connectivity index (χ4v) is 4.18. The lowest BCUT2D eigenvalue weighted by atomic mass is 10.0. The average molecular weight is 383 g/mol. The molecule has 2 amide bonds. The highest BCUT2D eigenvalue weighted by Crippen LogP contribution is 2.41. The molecule has 2 aliphatic rings. The number of benzene rings is 1. The smallest absolute Gasteiger partial charge is 0.318 e. The Labute approximate surface area is 166 Å². The molecule has 1 fully saturated rings. The highest BCUT2D eigenvalue weighted by atomic mass is 16.5. The fourth-order valence-electron chi connectivity index (χ4n) is 4.18. The molecule has 0 bridgehead atoms. The third kappa shape index (κ3) is 3.60. The first kappa shape index (κ1) is 18.8. The predicted octanol–water partition coefficient (Wildman–Crippen LogP) is 3.77. The van der Waals surface area contributed by atoms with E-state index >= 15 is 0 Å². The zero-order valence-corrected chi connectivity index (χ0v) is 17.2. The summed E-state index contributed by atoms with van der Waals surface area (Å²) < 4.78 is 7.47. The van der Waals surface area contributed by atoms with Crippen molar-refractivity contribution in [1.82, 2.24) is 19.8 Å². The Morgan fingerprint density at radius 1 is 1.25 bits per heavy atom. The van der Waals surface area contributed by atoms with Crippen molar-refractivity contribution in [1.29, 1.82) is 0 Å². The molecule has 1 aromatic carbocycles. The number of amides is 2. The van der Waals surface area contributed by atoms with Crippen LogP contribution in [0.15, 0.2) is 24.3 Å². The van der Waals surface area contributed by atoms with E-state index < -0.39 is 0 Å². The monoisotopic (exact) mass is 382 g/mol. The van der Waals surface area contributed by atoms with Crippen molar-refractivity contribution >= 4 is 6.03 Å². The fraction of sp³-hybridized carbons (Fsp3) is 0.545. The van der Waals surface area contributed by atoms with Gasteiger partial charge in [-0.1, -0.05) is 26.0 Å². The summed E-state index contributed by atoms with van der Waals surface area (Å²) in [6, 6.07) is 8.12. The van der Waals surface area contributed by atoms with E-state index in [4.69, 9.17) is 9.72 Å². The molecular formula is C22H30N4O2. The quantitative estimate of drug-likeness (QED) is 0.856. The van der Waals surface area contributed by atoms with Gasteiger partial charge in [0.1, 0.15) is 11.6 Å². The van der Waals surface area contributed by atoms with Crippen LogP contribution in [-0.4, -0.2) is 34.1 Å². The molecule has 1 unspecified atom stereocenters. The molecule has 0 radical (unpaired) electrons. The minimum absolute atomic E-state index is 0.00937. The summed E-state index contributed by atoms with van der Waals surface area (Å²) in [5.41, 5.74) is 3.45. The maximum absolute atomic E-state index is 13.0. The second kappa shape index (κ2) is 7.49. The lowest BCUT2D eigenvalue weighted by molar-refractivity contribution is 0.185. The first-order chi connectivity index (χ1) is 13.5. The van der Waals surface area contributed by atoms with Crippen molar-refractivity contribution in [3.8, 4) is 5.75 Å². The van der Waals surface area contributed by atoms with E-state index in [-0.39, 0.29) is 12.1 Å². The molecule has 0 spiro atoms. The van der Waals surface area contributed by atoms with Gasteiger partial charge in [0, 0.05) is 31.6 Å². The van der Waals surface area contributed by atoms with Crippen LogP contribution in [-0.2, 0) is 20.0 Å². The highest BCUT2D eigenvalue weighted by Gasteiger charge is 2.35. The topological polar surface area (TPSA) is 59.4 Å². The number of hydrogen-bond acceptors (Lipinski definition) is 3. The van der Waals surface area contributed by atoms with Gasteiger partial charge in [-0.25, -0.2) is 9.78 Å². The number of urea groups is 1. The maximum Gasteiger partial charge on any atom is 0.318 e. The van der Waals surface area contributed by atoms with Crippen molar-refractivity contribution < 1.29 is 9.53 Å². The summed E-state index contributed by atoms with van der Waals surface area (Å²) in [6.45, 7) is 5.64. The zero-order valence-electron chi connectivity index (χ0n) is 17.2. The lowest BCUT2D eigenvalue weighted by Gasteiger charge is -2.29. The minimum atomic E-state index is 0.00937. The van der Waals surface area contributed by atoms with Crippen molar-refractivity contribution in [2.75, 3.05) is 13.7 Å². The molecule has 1 aliphatic heterocycles. The van der Waals surface area contributed by atoms with E-state index in [1.54, 1.807) is 7.11 Å². The summed E-state index contributed by atoms with van der Waals surface area (Å²) in [5, 5.41) is 3.29. The van der Waals surface area contributed by atoms with E-state index in [1.165, 1.54) is 18.5 Å². The van der Waals surface area contributed by atoms with Crippen molar-refractivity contribution in [2.24, 2.45) is 13.0 Å². The Balaban J connectivity index is 1.47. The molecule has 1 aromatic heterocycles.